The van der Waals surface area contributed by atoms with E-state index >= 15 is 0 Å². The third-order valence-electron chi connectivity index (χ3n) is 3.53. The summed E-state index contributed by atoms with van der Waals surface area (Å²) in [6.45, 7) is 0.286. The fourth-order valence-electron chi connectivity index (χ4n) is 2.54. The van der Waals surface area contributed by atoms with Crippen LogP contribution in [-0.4, -0.2) is 56.2 Å². The quantitative estimate of drug-likeness (QED) is 0.853. The Labute approximate surface area is 122 Å². The molecular formula is C13H17F3N2O2S. The minimum atomic E-state index is -4.39. The smallest absolute Gasteiger partial charge is 0.286 e. The van der Waals surface area contributed by atoms with E-state index in [0.717, 1.165) is 6.26 Å². The predicted octanol–water partition coefficient (Wildman–Crippen LogP) is 1.87. The molecule has 1 aliphatic rings. The molecule has 0 aromatic heterocycles. The van der Waals surface area contributed by atoms with E-state index in [-0.39, 0.29) is 31.7 Å². The second kappa shape index (κ2) is 5.94. The number of nitrogens with zero attached hydrogens (tertiary/aromatic N) is 2. The van der Waals surface area contributed by atoms with Crippen LogP contribution in [0.1, 0.15) is 11.6 Å². The zero-order valence-corrected chi connectivity index (χ0v) is 12.4. The molecule has 0 N–H and O–H groups in total. The Morgan fingerprint density at radius 2 is 1.57 bits per heavy atom. The minimum Gasteiger partial charge on any atom is -0.286 e. The van der Waals surface area contributed by atoms with E-state index in [4.69, 9.17) is 0 Å². The highest BCUT2D eigenvalue weighted by atomic mass is 32.2. The van der Waals surface area contributed by atoms with Gasteiger partial charge in [0.25, 0.3) is 0 Å². The van der Waals surface area contributed by atoms with Gasteiger partial charge in [0.15, 0.2) is 0 Å². The lowest BCUT2D eigenvalue weighted by Gasteiger charge is -2.39. The van der Waals surface area contributed by atoms with Gasteiger partial charge in [-0.2, -0.15) is 17.5 Å². The van der Waals surface area contributed by atoms with Crippen LogP contribution in [0, 0.1) is 0 Å². The molecule has 118 valence electrons. The van der Waals surface area contributed by atoms with E-state index in [1.165, 1.54) is 21.3 Å². The lowest BCUT2D eigenvalue weighted by atomic mass is 10.0. The number of hydrogen-bond donors (Lipinski definition) is 0. The summed E-state index contributed by atoms with van der Waals surface area (Å²) in [6, 6.07) is 6.00. The van der Waals surface area contributed by atoms with Crippen molar-refractivity contribution in [2.24, 2.45) is 0 Å². The zero-order valence-electron chi connectivity index (χ0n) is 11.5. The van der Waals surface area contributed by atoms with E-state index in [0.29, 0.717) is 0 Å². The zero-order chi connectivity index (χ0) is 15.7. The van der Waals surface area contributed by atoms with Gasteiger partial charge in [0, 0.05) is 26.2 Å². The molecule has 1 aromatic carbocycles. The molecule has 2 rings (SSSR count). The minimum absolute atomic E-state index is 0.0616. The number of rotatable bonds is 3. The Balaban J connectivity index is 2.18. The van der Waals surface area contributed by atoms with Crippen molar-refractivity contribution in [3.63, 3.8) is 0 Å². The molecule has 0 saturated carbocycles. The maximum Gasteiger partial charge on any atom is 0.408 e. The van der Waals surface area contributed by atoms with E-state index in [1.54, 1.807) is 18.2 Å². The number of benzene rings is 1. The summed E-state index contributed by atoms with van der Waals surface area (Å²) in [5.74, 6) is 0. The number of piperazine rings is 1. The molecular weight excluding hydrogens is 305 g/mol. The Kier molecular flexibility index (Phi) is 4.60. The van der Waals surface area contributed by atoms with Crippen LogP contribution in [-0.2, 0) is 10.0 Å². The predicted molar refractivity (Wildman–Crippen MR) is 73.2 cm³/mol. The molecule has 0 aliphatic carbocycles. The van der Waals surface area contributed by atoms with Crippen LogP contribution in [0.3, 0.4) is 0 Å². The number of halogens is 3. The van der Waals surface area contributed by atoms with Crippen molar-refractivity contribution in [2.45, 2.75) is 12.2 Å². The van der Waals surface area contributed by atoms with E-state index < -0.39 is 22.2 Å². The summed E-state index contributed by atoms with van der Waals surface area (Å²) in [7, 11) is -3.35. The summed E-state index contributed by atoms with van der Waals surface area (Å²) < 4.78 is 64.1. The van der Waals surface area contributed by atoms with Gasteiger partial charge in [-0.15, -0.1) is 0 Å². The first-order valence-corrected chi connectivity index (χ1v) is 8.35. The first-order valence-electron chi connectivity index (χ1n) is 6.50. The fraction of sp³-hybridized carbons (Fsp3) is 0.538. The highest BCUT2D eigenvalue weighted by Crippen LogP contribution is 2.38. The van der Waals surface area contributed by atoms with E-state index in [2.05, 4.69) is 0 Å². The van der Waals surface area contributed by atoms with Gasteiger partial charge in [-0.25, -0.2) is 8.42 Å². The lowest BCUT2D eigenvalue weighted by molar-refractivity contribution is -0.189. The van der Waals surface area contributed by atoms with Crippen LogP contribution in [0.4, 0.5) is 13.2 Å². The van der Waals surface area contributed by atoms with Crippen LogP contribution in [0.2, 0.25) is 0 Å². The molecule has 0 radical (unpaired) electrons. The van der Waals surface area contributed by atoms with Gasteiger partial charge in [-0.3, -0.25) is 4.90 Å². The molecule has 8 heteroatoms. The maximum atomic E-state index is 13.3. The highest BCUT2D eigenvalue weighted by Gasteiger charge is 2.45. The average molecular weight is 322 g/mol. The van der Waals surface area contributed by atoms with Gasteiger partial charge in [0.05, 0.1) is 6.26 Å². The third-order valence-corrected chi connectivity index (χ3v) is 4.84. The number of alkyl halides is 3. The standard InChI is InChI=1S/C13H17F3N2O2S/c1-21(19,20)18-9-7-17(8-10-18)12(13(14,15)16)11-5-3-2-4-6-11/h2-6,12H,7-10H2,1H3/t12-/m1/s1. The van der Waals surface area contributed by atoms with Crippen molar-refractivity contribution in [1.82, 2.24) is 9.21 Å². The van der Waals surface area contributed by atoms with Gasteiger partial charge < -0.3 is 0 Å². The Bertz CT molecular complexity index is 567. The van der Waals surface area contributed by atoms with Gasteiger partial charge >= 0.3 is 6.18 Å². The van der Waals surface area contributed by atoms with Crippen LogP contribution in [0.15, 0.2) is 30.3 Å². The molecule has 1 saturated heterocycles. The van der Waals surface area contributed by atoms with Gasteiger partial charge in [0.1, 0.15) is 6.04 Å². The Hall–Kier alpha value is -1.12. The second-order valence-corrected chi connectivity index (χ2v) is 7.04. The topological polar surface area (TPSA) is 40.6 Å². The molecule has 1 aromatic rings. The van der Waals surface area contributed by atoms with Crippen LogP contribution >= 0.6 is 0 Å². The SMILES string of the molecule is CS(=O)(=O)N1CCN([C@H](c2ccccc2)C(F)(F)F)CC1. The summed E-state index contributed by atoms with van der Waals surface area (Å²) in [4.78, 5) is 1.29. The number of hydrogen-bond acceptors (Lipinski definition) is 3. The molecule has 4 nitrogen and oxygen atoms in total. The van der Waals surface area contributed by atoms with E-state index in [9.17, 15) is 21.6 Å². The molecule has 1 atom stereocenters. The lowest BCUT2D eigenvalue weighted by Crippen LogP contribution is -2.51. The van der Waals surface area contributed by atoms with Crippen molar-refractivity contribution in [1.29, 1.82) is 0 Å². The van der Waals surface area contributed by atoms with Gasteiger partial charge in [-0.05, 0) is 5.56 Å². The summed E-state index contributed by atoms with van der Waals surface area (Å²) >= 11 is 0. The molecule has 0 unspecified atom stereocenters. The summed E-state index contributed by atoms with van der Waals surface area (Å²) in [5.41, 5.74) is 0.179. The van der Waals surface area contributed by atoms with Crippen LogP contribution in [0.25, 0.3) is 0 Å². The second-order valence-electron chi connectivity index (χ2n) is 5.05. The van der Waals surface area contributed by atoms with Crippen molar-refractivity contribution in [2.75, 3.05) is 32.4 Å². The van der Waals surface area contributed by atoms with Gasteiger partial charge in [0.2, 0.25) is 10.0 Å². The highest BCUT2D eigenvalue weighted by molar-refractivity contribution is 7.88. The Morgan fingerprint density at radius 3 is 2.00 bits per heavy atom. The molecule has 0 amide bonds. The summed E-state index contributed by atoms with van der Waals surface area (Å²) in [5, 5.41) is 0. The molecule has 1 fully saturated rings. The van der Waals surface area contributed by atoms with Crippen molar-refractivity contribution in [3.8, 4) is 0 Å². The Morgan fingerprint density at radius 1 is 1.05 bits per heavy atom. The fourth-order valence-corrected chi connectivity index (χ4v) is 3.36. The first kappa shape index (κ1) is 16.3. The van der Waals surface area contributed by atoms with Crippen molar-refractivity contribution < 1.29 is 21.6 Å². The molecule has 0 bridgehead atoms. The largest absolute Gasteiger partial charge is 0.408 e. The molecule has 1 heterocycles. The maximum absolute atomic E-state index is 13.3. The average Bonchev–Trinajstić information content (AvgIpc) is 2.38. The van der Waals surface area contributed by atoms with E-state index in [1.807, 2.05) is 0 Å². The molecule has 1 aliphatic heterocycles. The van der Waals surface area contributed by atoms with Crippen LogP contribution < -0.4 is 0 Å². The van der Waals surface area contributed by atoms with Gasteiger partial charge in [-0.1, -0.05) is 30.3 Å². The first-order chi connectivity index (χ1) is 9.69. The van der Waals surface area contributed by atoms with Crippen LogP contribution in [0.5, 0.6) is 0 Å². The molecule has 0 spiro atoms. The monoisotopic (exact) mass is 322 g/mol. The number of sulfonamides is 1. The van der Waals surface area contributed by atoms with Crippen molar-refractivity contribution in [3.05, 3.63) is 35.9 Å². The molecule has 21 heavy (non-hydrogen) atoms. The normalized spacial score (nSPS) is 20.4. The third kappa shape index (κ3) is 3.96. The summed E-state index contributed by atoms with van der Waals surface area (Å²) in [6.07, 6.45) is -3.32. The van der Waals surface area contributed by atoms with Crippen molar-refractivity contribution >= 4 is 10.0 Å².